The molecule has 1 heterocycles. The molecule has 10 heteroatoms. The zero-order valence-electron chi connectivity index (χ0n) is 17.1. The van der Waals surface area contributed by atoms with Crippen LogP contribution in [0.25, 0.3) is 0 Å². The Kier molecular flexibility index (Phi) is 9.04. The molecule has 1 aliphatic carbocycles. The molecule has 0 unspecified atom stereocenters. The van der Waals surface area contributed by atoms with Gasteiger partial charge in [0.15, 0.2) is 0 Å². The lowest BCUT2D eigenvalue weighted by Crippen LogP contribution is -2.33. The van der Waals surface area contributed by atoms with Gasteiger partial charge in [-0.1, -0.05) is 50.1 Å². The first-order valence-electron chi connectivity index (χ1n) is 10.0. The molecule has 10 nitrogen and oxygen atoms in total. The van der Waals surface area contributed by atoms with Crippen LogP contribution in [0.2, 0.25) is 0 Å². The Morgan fingerprint density at radius 1 is 1.31 bits per heavy atom. The highest BCUT2D eigenvalue weighted by Crippen LogP contribution is 2.31. The van der Waals surface area contributed by atoms with Crippen molar-refractivity contribution in [1.29, 1.82) is 0 Å². The van der Waals surface area contributed by atoms with Crippen LogP contribution in [0.4, 0.5) is 0 Å². The van der Waals surface area contributed by atoms with E-state index in [2.05, 4.69) is 14.9 Å². The number of nitrogens with zero attached hydrogens (tertiary/aromatic N) is 3. The SMILES string of the molecule is COC(=O)CN(C)C(=O)c1noc([C@H](CCCC2CCCCC2)CC(=O)NO)n1. The van der Waals surface area contributed by atoms with Crippen molar-refractivity contribution in [2.75, 3.05) is 20.7 Å². The molecule has 0 saturated heterocycles. The van der Waals surface area contributed by atoms with E-state index < -0.39 is 23.7 Å². The highest BCUT2D eigenvalue weighted by atomic mass is 16.5. The molecule has 1 saturated carbocycles. The molecule has 1 aromatic rings. The smallest absolute Gasteiger partial charge is 0.325 e. The normalized spacial score (nSPS) is 15.6. The molecule has 0 radical (unpaired) electrons. The first kappa shape index (κ1) is 22.8. The van der Waals surface area contributed by atoms with Gasteiger partial charge in [0.05, 0.1) is 7.11 Å². The Labute approximate surface area is 169 Å². The van der Waals surface area contributed by atoms with Crippen LogP contribution in [0.5, 0.6) is 0 Å². The first-order chi connectivity index (χ1) is 13.9. The van der Waals surface area contributed by atoms with E-state index in [4.69, 9.17) is 9.73 Å². The summed E-state index contributed by atoms with van der Waals surface area (Å²) in [5.74, 6) is -1.40. The molecule has 0 aliphatic heterocycles. The van der Waals surface area contributed by atoms with Gasteiger partial charge in [-0.15, -0.1) is 0 Å². The van der Waals surface area contributed by atoms with Crippen molar-refractivity contribution in [1.82, 2.24) is 20.5 Å². The Bertz CT molecular complexity index is 686. The lowest BCUT2D eigenvalue weighted by molar-refractivity contribution is -0.141. The number of carbonyl (C=O) groups excluding carboxylic acids is 3. The lowest BCUT2D eigenvalue weighted by atomic mass is 9.84. The predicted molar refractivity (Wildman–Crippen MR) is 101 cm³/mol. The van der Waals surface area contributed by atoms with Gasteiger partial charge in [-0.05, 0) is 12.3 Å². The van der Waals surface area contributed by atoms with Gasteiger partial charge in [0.2, 0.25) is 11.8 Å². The van der Waals surface area contributed by atoms with E-state index in [0.717, 1.165) is 17.7 Å². The molecule has 1 atom stereocenters. The standard InChI is InChI=1S/C19H30N4O6/c1-23(12-16(25)28-2)19(26)17-20-18(29-22-17)14(11-15(24)21-27)10-6-9-13-7-4-3-5-8-13/h13-14,27H,3-12H2,1-2H3,(H,21,24)/t14-/m1/s1. The van der Waals surface area contributed by atoms with Gasteiger partial charge in [0.25, 0.3) is 11.7 Å². The summed E-state index contributed by atoms with van der Waals surface area (Å²) in [6, 6.07) is 0. The summed E-state index contributed by atoms with van der Waals surface area (Å²) in [4.78, 5) is 40.6. The van der Waals surface area contributed by atoms with Crippen LogP contribution in [0.3, 0.4) is 0 Å². The maximum absolute atomic E-state index is 12.3. The zero-order valence-corrected chi connectivity index (χ0v) is 17.1. The molecule has 2 amide bonds. The topological polar surface area (TPSA) is 135 Å². The fourth-order valence-electron chi connectivity index (χ4n) is 3.70. The monoisotopic (exact) mass is 410 g/mol. The van der Waals surface area contributed by atoms with E-state index in [1.807, 2.05) is 0 Å². The van der Waals surface area contributed by atoms with Crippen LogP contribution in [-0.4, -0.2) is 58.7 Å². The molecule has 0 bridgehead atoms. The van der Waals surface area contributed by atoms with E-state index in [0.29, 0.717) is 12.3 Å². The summed E-state index contributed by atoms with van der Waals surface area (Å²) in [7, 11) is 2.66. The molecule has 2 rings (SSSR count). The summed E-state index contributed by atoms with van der Waals surface area (Å²) in [6.07, 6.45) is 8.91. The van der Waals surface area contributed by atoms with Crippen LogP contribution < -0.4 is 5.48 Å². The van der Waals surface area contributed by atoms with Gasteiger partial charge >= 0.3 is 5.97 Å². The molecule has 1 aliphatic rings. The van der Waals surface area contributed by atoms with E-state index in [1.54, 1.807) is 5.48 Å². The van der Waals surface area contributed by atoms with Crippen molar-refractivity contribution in [3.05, 3.63) is 11.7 Å². The summed E-state index contributed by atoms with van der Waals surface area (Å²) < 4.78 is 9.77. The van der Waals surface area contributed by atoms with Gasteiger partial charge in [0.1, 0.15) is 6.54 Å². The van der Waals surface area contributed by atoms with E-state index >= 15 is 0 Å². The lowest BCUT2D eigenvalue weighted by Gasteiger charge is -2.22. The number of carbonyl (C=O) groups is 3. The Morgan fingerprint density at radius 3 is 2.69 bits per heavy atom. The summed E-state index contributed by atoms with van der Waals surface area (Å²) >= 11 is 0. The van der Waals surface area contributed by atoms with Crippen molar-refractivity contribution in [3.8, 4) is 0 Å². The molecule has 162 valence electrons. The minimum atomic E-state index is -0.585. The van der Waals surface area contributed by atoms with Gasteiger partial charge in [-0.2, -0.15) is 4.98 Å². The van der Waals surface area contributed by atoms with Crippen molar-refractivity contribution >= 4 is 17.8 Å². The minimum absolute atomic E-state index is 0.0189. The highest BCUT2D eigenvalue weighted by molar-refractivity contribution is 5.92. The van der Waals surface area contributed by atoms with Crippen LogP contribution in [-0.2, 0) is 14.3 Å². The van der Waals surface area contributed by atoms with Gasteiger partial charge in [-0.25, -0.2) is 5.48 Å². The number of hydrogen-bond donors (Lipinski definition) is 2. The number of esters is 1. The van der Waals surface area contributed by atoms with Crippen LogP contribution >= 0.6 is 0 Å². The van der Waals surface area contributed by atoms with Crippen molar-refractivity contribution < 1.29 is 28.9 Å². The van der Waals surface area contributed by atoms with Crippen molar-refractivity contribution in [2.45, 2.75) is 63.7 Å². The van der Waals surface area contributed by atoms with Crippen LogP contribution in [0.1, 0.15) is 80.2 Å². The molecule has 1 fully saturated rings. The number of likely N-dealkylation sites (N-methyl/N-ethyl adjacent to an activating group) is 1. The molecular weight excluding hydrogens is 380 g/mol. The van der Waals surface area contributed by atoms with Gasteiger partial charge in [0, 0.05) is 19.4 Å². The Morgan fingerprint density at radius 2 is 2.03 bits per heavy atom. The first-order valence-corrected chi connectivity index (χ1v) is 10.0. The molecule has 1 aromatic heterocycles. The summed E-state index contributed by atoms with van der Waals surface area (Å²) in [5.41, 5.74) is 1.63. The average molecular weight is 410 g/mol. The van der Waals surface area contributed by atoms with Gasteiger partial charge < -0.3 is 14.2 Å². The van der Waals surface area contributed by atoms with Crippen LogP contribution in [0.15, 0.2) is 4.52 Å². The predicted octanol–water partition coefficient (Wildman–Crippen LogP) is 2.04. The third-order valence-electron chi connectivity index (χ3n) is 5.37. The molecule has 2 N–H and O–H groups in total. The molecule has 0 spiro atoms. The fourth-order valence-corrected chi connectivity index (χ4v) is 3.70. The fraction of sp³-hybridized carbons (Fsp3) is 0.737. The summed E-state index contributed by atoms with van der Waals surface area (Å²) in [5, 5.41) is 12.6. The number of nitrogens with one attached hydrogen (secondary N) is 1. The van der Waals surface area contributed by atoms with Crippen LogP contribution in [0, 0.1) is 5.92 Å². The second-order valence-corrected chi connectivity index (χ2v) is 7.56. The zero-order chi connectivity index (χ0) is 21.2. The maximum Gasteiger partial charge on any atom is 0.325 e. The number of hydrogen-bond acceptors (Lipinski definition) is 8. The van der Waals surface area contributed by atoms with Crippen molar-refractivity contribution in [3.63, 3.8) is 0 Å². The second kappa shape index (κ2) is 11.5. The van der Waals surface area contributed by atoms with E-state index in [9.17, 15) is 14.4 Å². The molecule has 0 aromatic carbocycles. The Balaban J connectivity index is 1.99. The van der Waals surface area contributed by atoms with Gasteiger partial charge in [-0.3, -0.25) is 19.6 Å². The average Bonchev–Trinajstić information content (AvgIpc) is 3.23. The second-order valence-electron chi connectivity index (χ2n) is 7.56. The number of amides is 2. The highest BCUT2D eigenvalue weighted by Gasteiger charge is 2.26. The Hall–Kier alpha value is -2.49. The maximum atomic E-state index is 12.3. The number of hydroxylamine groups is 1. The number of rotatable bonds is 10. The number of aromatic nitrogens is 2. The molecule has 29 heavy (non-hydrogen) atoms. The largest absolute Gasteiger partial charge is 0.468 e. The third-order valence-corrected chi connectivity index (χ3v) is 5.37. The minimum Gasteiger partial charge on any atom is -0.468 e. The van der Waals surface area contributed by atoms with Crippen molar-refractivity contribution in [2.24, 2.45) is 5.92 Å². The van der Waals surface area contributed by atoms with E-state index in [-0.39, 0.29) is 24.7 Å². The number of methoxy groups -OCH3 is 1. The van der Waals surface area contributed by atoms with E-state index in [1.165, 1.54) is 46.3 Å². The molecular formula is C19H30N4O6. The number of ether oxygens (including phenoxy) is 1. The third kappa shape index (κ3) is 7.12. The summed E-state index contributed by atoms with van der Waals surface area (Å²) in [6.45, 7) is -0.239. The quantitative estimate of drug-likeness (QED) is 0.340.